The van der Waals surface area contributed by atoms with E-state index in [2.05, 4.69) is 14.9 Å². The van der Waals surface area contributed by atoms with Crippen LogP contribution in [-0.4, -0.2) is 34.8 Å². The molecule has 0 aliphatic carbocycles. The fourth-order valence-corrected chi connectivity index (χ4v) is 3.03. The monoisotopic (exact) mass is 315 g/mol. The van der Waals surface area contributed by atoms with Gasteiger partial charge in [0, 0.05) is 36.5 Å². The van der Waals surface area contributed by atoms with Crippen LogP contribution in [0.5, 0.6) is 0 Å². The van der Waals surface area contributed by atoms with E-state index in [1.165, 1.54) is 31.4 Å². The third kappa shape index (κ3) is 3.20. The predicted octanol–water partition coefficient (Wildman–Crippen LogP) is 2.90. The summed E-state index contributed by atoms with van der Waals surface area (Å²) in [6, 6.07) is 6.21. The highest BCUT2D eigenvalue weighted by molar-refractivity contribution is 5.39. The van der Waals surface area contributed by atoms with Crippen LogP contribution in [0.15, 0.2) is 36.7 Å². The molecule has 1 N–H and O–H groups in total. The molecular formula is C18H22FN3O. The molecule has 2 aromatic rings. The Bertz CT molecular complexity index is 638. The molecule has 0 bridgehead atoms. The maximum atomic E-state index is 13.1. The average Bonchev–Trinajstić information content (AvgIpc) is 2.62. The molecule has 1 aromatic heterocycles. The zero-order valence-electron chi connectivity index (χ0n) is 13.4. The molecule has 1 unspecified atom stereocenters. The number of aliphatic hydroxyl groups excluding tert-OH is 1. The van der Waals surface area contributed by atoms with Gasteiger partial charge in [-0.05, 0) is 43.9 Å². The Kier molecular flexibility index (Phi) is 4.57. The van der Waals surface area contributed by atoms with Gasteiger partial charge in [0.05, 0.1) is 6.61 Å². The van der Waals surface area contributed by atoms with E-state index in [1.54, 1.807) is 24.5 Å². The van der Waals surface area contributed by atoms with Crippen molar-refractivity contribution in [2.75, 3.05) is 24.6 Å². The van der Waals surface area contributed by atoms with Crippen molar-refractivity contribution < 1.29 is 9.50 Å². The van der Waals surface area contributed by atoms with Gasteiger partial charge in [-0.3, -0.25) is 0 Å². The van der Waals surface area contributed by atoms with Crippen molar-refractivity contribution in [2.45, 2.75) is 31.6 Å². The van der Waals surface area contributed by atoms with Gasteiger partial charge in [0.2, 0.25) is 5.95 Å². The van der Waals surface area contributed by atoms with E-state index in [0.717, 1.165) is 30.2 Å². The smallest absolute Gasteiger partial charge is 0.225 e. The zero-order chi connectivity index (χ0) is 16.3. The molecule has 1 fully saturated rings. The van der Waals surface area contributed by atoms with Gasteiger partial charge < -0.3 is 10.0 Å². The fourth-order valence-electron chi connectivity index (χ4n) is 3.03. The minimum Gasteiger partial charge on any atom is -0.395 e. The number of benzene rings is 1. The Morgan fingerprint density at radius 2 is 1.65 bits per heavy atom. The van der Waals surface area contributed by atoms with Gasteiger partial charge in [0.25, 0.3) is 0 Å². The largest absolute Gasteiger partial charge is 0.395 e. The van der Waals surface area contributed by atoms with Crippen LogP contribution in [0.2, 0.25) is 0 Å². The van der Waals surface area contributed by atoms with Crippen molar-refractivity contribution in [3.63, 3.8) is 0 Å². The number of aromatic nitrogens is 2. The number of anilines is 1. The summed E-state index contributed by atoms with van der Waals surface area (Å²) in [6.45, 7) is 3.81. The quantitative estimate of drug-likeness (QED) is 0.942. The van der Waals surface area contributed by atoms with Crippen molar-refractivity contribution in [3.05, 3.63) is 53.6 Å². The standard InChI is InChI=1S/C18H22FN3O/c1-18(13-23,14-5-7-16(19)8-6-14)15-11-20-17(21-12-15)22-9-3-2-4-10-22/h5-8,11-12,23H,2-4,9-10,13H2,1H3. The molecule has 0 saturated carbocycles. The van der Waals surface area contributed by atoms with E-state index in [0.29, 0.717) is 0 Å². The van der Waals surface area contributed by atoms with Gasteiger partial charge >= 0.3 is 0 Å². The lowest BCUT2D eigenvalue weighted by atomic mass is 9.78. The number of nitrogens with zero attached hydrogens (tertiary/aromatic N) is 3. The van der Waals surface area contributed by atoms with Crippen molar-refractivity contribution in [2.24, 2.45) is 0 Å². The number of hydrogen-bond donors (Lipinski definition) is 1. The Labute approximate surface area is 136 Å². The summed E-state index contributed by atoms with van der Waals surface area (Å²) in [7, 11) is 0. The molecule has 1 saturated heterocycles. The minimum absolute atomic E-state index is 0.0922. The topological polar surface area (TPSA) is 49.3 Å². The summed E-state index contributed by atoms with van der Waals surface area (Å²) in [4.78, 5) is 11.2. The lowest BCUT2D eigenvalue weighted by Gasteiger charge is -2.30. The van der Waals surface area contributed by atoms with Gasteiger partial charge in [-0.2, -0.15) is 0 Å². The Balaban J connectivity index is 1.87. The first-order valence-electron chi connectivity index (χ1n) is 8.08. The molecule has 1 aliphatic rings. The fraction of sp³-hybridized carbons (Fsp3) is 0.444. The van der Waals surface area contributed by atoms with E-state index in [4.69, 9.17) is 0 Å². The number of hydrogen-bond acceptors (Lipinski definition) is 4. The molecule has 2 heterocycles. The second-order valence-electron chi connectivity index (χ2n) is 6.32. The first kappa shape index (κ1) is 15.9. The first-order chi connectivity index (χ1) is 11.1. The SMILES string of the molecule is CC(CO)(c1ccc(F)cc1)c1cnc(N2CCCCC2)nc1. The number of aliphatic hydroxyl groups is 1. The summed E-state index contributed by atoms with van der Waals surface area (Å²) in [5.74, 6) is 0.457. The molecule has 3 rings (SSSR count). The third-order valence-electron chi connectivity index (χ3n) is 4.71. The molecule has 23 heavy (non-hydrogen) atoms. The van der Waals surface area contributed by atoms with E-state index >= 15 is 0 Å². The molecule has 5 heteroatoms. The summed E-state index contributed by atoms with van der Waals surface area (Å²) in [6.07, 6.45) is 7.17. The first-order valence-corrected chi connectivity index (χ1v) is 8.08. The molecule has 0 amide bonds. The average molecular weight is 315 g/mol. The maximum absolute atomic E-state index is 13.1. The van der Waals surface area contributed by atoms with Crippen molar-refractivity contribution in [1.82, 2.24) is 9.97 Å². The van der Waals surface area contributed by atoms with Gasteiger partial charge in [0.15, 0.2) is 0 Å². The van der Waals surface area contributed by atoms with Gasteiger partial charge in [-0.25, -0.2) is 14.4 Å². The van der Waals surface area contributed by atoms with Gasteiger partial charge in [-0.15, -0.1) is 0 Å². The molecule has 1 aromatic carbocycles. The molecule has 1 aliphatic heterocycles. The second kappa shape index (κ2) is 6.62. The minimum atomic E-state index is -0.645. The lowest BCUT2D eigenvalue weighted by molar-refractivity contribution is 0.230. The molecule has 1 atom stereocenters. The van der Waals surface area contributed by atoms with Crippen LogP contribution >= 0.6 is 0 Å². The van der Waals surface area contributed by atoms with Crippen LogP contribution in [-0.2, 0) is 5.41 Å². The van der Waals surface area contributed by atoms with Crippen molar-refractivity contribution >= 4 is 5.95 Å². The summed E-state index contributed by atoms with van der Waals surface area (Å²) in [5, 5.41) is 9.92. The van der Waals surface area contributed by atoms with Crippen LogP contribution < -0.4 is 4.90 Å². The van der Waals surface area contributed by atoms with E-state index in [1.807, 2.05) is 6.92 Å². The molecule has 4 nitrogen and oxygen atoms in total. The molecular weight excluding hydrogens is 293 g/mol. The van der Waals surface area contributed by atoms with Crippen molar-refractivity contribution in [3.8, 4) is 0 Å². The van der Waals surface area contributed by atoms with Crippen LogP contribution in [0, 0.1) is 5.82 Å². The number of halogens is 1. The van der Waals surface area contributed by atoms with Gasteiger partial charge in [0.1, 0.15) is 5.82 Å². The third-order valence-corrected chi connectivity index (χ3v) is 4.71. The molecule has 122 valence electrons. The van der Waals surface area contributed by atoms with Crippen LogP contribution in [0.1, 0.15) is 37.3 Å². The molecule has 0 spiro atoms. The van der Waals surface area contributed by atoms with Crippen LogP contribution in [0.25, 0.3) is 0 Å². The zero-order valence-corrected chi connectivity index (χ0v) is 13.4. The Morgan fingerprint density at radius 1 is 1.04 bits per heavy atom. The highest BCUT2D eigenvalue weighted by Gasteiger charge is 2.29. The summed E-state index contributed by atoms with van der Waals surface area (Å²) in [5.41, 5.74) is 1.02. The maximum Gasteiger partial charge on any atom is 0.225 e. The summed E-state index contributed by atoms with van der Waals surface area (Å²) < 4.78 is 13.1. The second-order valence-corrected chi connectivity index (χ2v) is 6.32. The van der Waals surface area contributed by atoms with E-state index < -0.39 is 5.41 Å². The summed E-state index contributed by atoms with van der Waals surface area (Å²) >= 11 is 0. The predicted molar refractivity (Wildman–Crippen MR) is 88.0 cm³/mol. The van der Waals surface area contributed by atoms with E-state index in [9.17, 15) is 9.50 Å². The van der Waals surface area contributed by atoms with Gasteiger partial charge in [-0.1, -0.05) is 12.1 Å². The lowest BCUT2D eigenvalue weighted by Crippen LogP contribution is -2.32. The normalized spacial score (nSPS) is 17.8. The van der Waals surface area contributed by atoms with Crippen LogP contribution in [0.4, 0.5) is 10.3 Å². The van der Waals surface area contributed by atoms with Crippen molar-refractivity contribution in [1.29, 1.82) is 0 Å². The highest BCUT2D eigenvalue weighted by atomic mass is 19.1. The van der Waals surface area contributed by atoms with E-state index in [-0.39, 0.29) is 12.4 Å². The Morgan fingerprint density at radius 3 is 2.22 bits per heavy atom. The number of rotatable bonds is 4. The number of piperidine rings is 1. The highest BCUT2D eigenvalue weighted by Crippen LogP contribution is 2.31. The Hall–Kier alpha value is -2.01. The van der Waals surface area contributed by atoms with Crippen LogP contribution in [0.3, 0.4) is 0 Å². The molecule has 0 radical (unpaired) electrons.